The summed E-state index contributed by atoms with van der Waals surface area (Å²) >= 11 is 0. The quantitative estimate of drug-likeness (QED) is 0.724. The molecule has 20 heavy (non-hydrogen) atoms. The first-order valence-corrected chi connectivity index (χ1v) is 7.08. The van der Waals surface area contributed by atoms with Crippen LogP contribution < -0.4 is 5.32 Å². The van der Waals surface area contributed by atoms with Gasteiger partial charge in [0.1, 0.15) is 6.54 Å². The predicted octanol–water partition coefficient (Wildman–Crippen LogP) is 0.115. The summed E-state index contributed by atoms with van der Waals surface area (Å²) in [6.07, 6.45) is 4.09. The molecule has 0 radical (unpaired) electrons. The molecule has 0 unspecified atom stereocenters. The van der Waals surface area contributed by atoms with Crippen molar-refractivity contribution >= 4 is 17.9 Å². The molecular weight excluding hydrogens is 262 g/mol. The molecule has 1 aliphatic carbocycles. The topological polar surface area (TPSA) is 90.0 Å². The lowest BCUT2D eigenvalue weighted by molar-refractivity contribution is -0.137. The van der Waals surface area contributed by atoms with Crippen LogP contribution in [0.1, 0.15) is 25.7 Å². The molecule has 0 spiro atoms. The van der Waals surface area contributed by atoms with Crippen LogP contribution in [0, 0.1) is 5.92 Å². The van der Waals surface area contributed by atoms with Crippen LogP contribution >= 0.6 is 0 Å². The lowest BCUT2D eigenvalue weighted by atomic mass is 10.3. The minimum Gasteiger partial charge on any atom is -0.480 e. The summed E-state index contributed by atoms with van der Waals surface area (Å²) in [6, 6.07) is -0.466. The summed E-state index contributed by atoms with van der Waals surface area (Å²) < 4.78 is 0. The minimum absolute atomic E-state index is 0.0559. The molecule has 0 aromatic heterocycles. The number of carboxylic acids is 1. The number of hydrogen-bond acceptors (Lipinski definition) is 3. The van der Waals surface area contributed by atoms with Gasteiger partial charge in [-0.1, -0.05) is 0 Å². The molecule has 7 nitrogen and oxygen atoms in total. The zero-order valence-corrected chi connectivity index (χ0v) is 11.5. The van der Waals surface area contributed by atoms with Crippen molar-refractivity contribution in [2.45, 2.75) is 25.7 Å². The molecule has 2 fully saturated rings. The monoisotopic (exact) mass is 283 g/mol. The summed E-state index contributed by atoms with van der Waals surface area (Å²) in [7, 11) is 0. The van der Waals surface area contributed by atoms with E-state index in [1.54, 1.807) is 4.90 Å². The Labute approximate surface area is 117 Å². The van der Waals surface area contributed by atoms with Gasteiger partial charge in [0, 0.05) is 19.6 Å². The van der Waals surface area contributed by atoms with Crippen LogP contribution in [0.3, 0.4) is 0 Å². The lowest BCUT2D eigenvalue weighted by Crippen LogP contribution is -2.47. The molecule has 3 amide bonds. The number of hydrogen-bond donors (Lipinski definition) is 2. The van der Waals surface area contributed by atoms with Gasteiger partial charge in [-0.25, -0.2) is 4.79 Å². The van der Waals surface area contributed by atoms with Crippen molar-refractivity contribution in [3.05, 3.63) is 0 Å². The molecule has 2 N–H and O–H groups in total. The van der Waals surface area contributed by atoms with E-state index >= 15 is 0 Å². The highest BCUT2D eigenvalue weighted by Gasteiger charge is 2.28. The molecule has 1 saturated carbocycles. The van der Waals surface area contributed by atoms with E-state index < -0.39 is 12.0 Å². The van der Waals surface area contributed by atoms with E-state index in [-0.39, 0.29) is 19.0 Å². The molecular formula is C13H21N3O4. The zero-order valence-electron chi connectivity index (χ0n) is 11.5. The lowest BCUT2D eigenvalue weighted by Gasteiger charge is -2.22. The average Bonchev–Trinajstić information content (AvgIpc) is 3.05. The Morgan fingerprint density at radius 3 is 2.40 bits per heavy atom. The van der Waals surface area contributed by atoms with Crippen molar-refractivity contribution in [2.24, 2.45) is 5.92 Å². The Morgan fingerprint density at radius 1 is 1.20 bits per heavy atom. The maximum absolute atomic E-state index is 11.9. The molecule has 1 aliphatic heterocycles. The molecule has 2 rings (SSSR count). The van der Waals surface area contributed by atoms with E-state index in [9.17, 15) is 14.4 Å². The maximum Gasteiger partial charge on any atom is 0.323 e. The molecule has 2 aliphatic rings. The van der Waals surface area contributed by atoms with E-state index in [1.165, 1.54) is 4.90 Å². The molecule has 1 heterocycles. The van der Waals surface area contributed by atoms with Gasteiger partial charge in [-0.3, -0.25) is 9.59 Å². The van der Waals surface area contributed by atoms with Gasteiger partial charge < -0.3 is 20.2 Å². The molecule has 1 saturated heterocycles. The molecule has 112 valence electrons. The van der Waals surface area contributed by atoms with Crippen LogP contribution in [-0.4, -0.2) is 65.5 Å². The maximum atomic E-state index is 11.9. The third-order valence-electron chi connectivity index (χ3n) is 3.64. The highest BCUT2D eigenvalue weighted by atomic mass is 16.4. The molecule has 7 heteroatoms. The average molecular weight is 283 g/mol. The van der Waals surface area contributed by atoms with Crippen LogP contribution in [0.25, 0.3) is 0 Å². The van der Waals surface area contributed by atoms with Crippen LogP contribution in [-0.2, 0) is 9.59 Å². The Bertz CT molecular complexity index is 389. The van der Waals surface area contributed by atoms with Crippen molar-refractivity contribution in [1.82, 2.24) is 15.1 Å². The second-order valence-electron chi connectivity index (χ2n) is 5.46. The largest absolute Gasteiger partial charge is 0.480 e. The number of carbonyl (C=O) groups excluding carboxylic acids is 2. The summed E-state index contributed by atoms with van der Waals surface area (Å²) in [5, 5.41) is 11.3. The summed E-state index contributed by atoms with van der Waals surface area (Å²) in [4.78, 5) is 37.5. The first kappa shape index (κ1) is 14.6. The normalized spacial score (nSPS) is 17.9. The Hall–Kier alpha value is -1.79. The fraction of sp³-hybridized carbons (Fsp3) is 0.769. The van der Waals surface area contributed by atoms with E-state index in [4.69, 9.17) is 5.11 Å². The van der Waals surface area contributed by atoms with E-state index in [0.717, 1.165) is 38.8 Å². The smallest absolute Gasteiger partial charge is 0.323 e. The van der Waals surface area contributed by atoms with Gasteiger partial charge in [-0.2, -0.15) is 0 Å². The van der Waals surface area contributed by atoms with E-state index in [0.29, 0.717) is 12.5 Å². The second kappa shape index (κ2) is 6.58. The van der Waals surface area contributed by atoms with Crippen molar-refractivity contribution in [1.29, 1.82) is 0 Å². The number of nitrogens with one attached hydrogen (secondary N) is 1. The number of urea groups is 1. The predicted molar refractivity (Wildman–Crippen MR) is 71.1 cm³/mol. The molecule has 0 aromatic carbocycles. The molecule has 0 bridgehead atoms. The fourth-order valence-electron chi connectivity index (χ4n) is 2.34. The Balaban J connectivity index is 1.77. The van der Waals surface area contributed by atoms with E-state index in [1.807, 2.05) is 0 Å². The molecule has 0 aromatic rings. The van der Waals surface area contributed by atoms with Crippen molar-refractivity contribution in [3.8, 4) is 0 Å². The third-order valence-corrected chi connectivity index (χ3v) is 3.64. The van der Waals surface area contributed by atoms with Crippen LogP contribution in [0.5, 0.6) is 0 Å². The summed E-state index contributed by atoms with van der Waals surface area (Å²) in [5.74, 6) is -0.724. The number of rotatable bonds is 6. The van der Waals surface area contributed by atoms with Crippen LogP contribution in [0.2, 0.25) is 0 Å². The zero-order chi connectivity index (χ0) is 14.5. The van der Waals surface area contributed by atoms with Crippen molar-refractivity contribution in [3.63, 3.8) is 0 Å². The Kier molecular flexibility index (Phi) is 4.81. The van der Waals surface area contributed by atoms with E-state index in [2.05, 4.69) is 5.32 Å². The SMILES string of the molecule is O=C(O)CN(CC1CC1)C(=O)NCC(=O)N1CCCC1. The number of likely N-dealkylation sites (tertiary alicyclic amines) is 1. The third kappa shape index (κ3) is 4.40. The Morgan fingerprint density at radius 2 is 1.85 bits per heavy atom. The fourth-order valence-corrected chi connectivity index (χ4v) is 2.34. The van der Waals surface area contributed by atoms with Crippen LogP contribution in [0.4, 0.5) is 4.79 Å². The van der Waals surface area contributed by atoms with Gasteiger partial charge in [0.05, 0.1) is 6.54 Å². The van der Waals surface area contributed by atoms with Gasteiger partial charge in [0.15, 0.2) is 0 Å². The summed E-state index contributed by atoms with van der Waals surface area (Å²) in [5.41, 5.74) is 0. The second-order valence-corrected chi connectivity index (χ2v) is 5.46. The van der Waals surface area contributed by atoms with Gasteiger partial charge >= 0.3 is 12.0 Å². The van der Waals surface area contributed by atoms with Gasteiger partial charge in [0.25, 0.3) is 0 Å². The van der Waals surface area contributed by atoms with Crippen LogP contribution in [0.15, 0.2) is 0 Å². The summed E-state index contributed by atoms with van der Waals surface area (Å²) in [6.45, 7) is 1.57. The van der Waals surface area contributed by atoms with Gasteiger partial charge in [-0.05, 0) is 31.6 Å². The number of nitrogens with zero attached hydrogens (tertiary/aromatic N) is 2. The van der Waals surface area contributed by atoms with Gasteiger partial charge in [-0.15, -0.1) is 0 Å². The first-order chi connectivity index (χ1) is 9.56. The highest BCUT2D eigenvalue weighted by Crippen LogP contribution is 2.29. The number of carboxylic acid groups (broad SMARTS) is 1. The highest BCUT2D eigenvalue weighted by molar-refractivity contribution is 5.85. The number of carbonyl (C=O) groups is 3. The van der Waals surface area contributed by atoms with Crippen molar-refractivity contribution in [2.75, 3.05) is 32.7 Å². The standard InChI is InChI=1S/C13H21N3O4/c17-11(15-5-1-2-6-15)7-14-13(20)16(9-12(18)19)8-10-3-4-10/h10H,1-9H2,(H,14,20)(H,18,19). The van der Waals surface area contributed by atoms with Crippen molar-refractivity contribution < 1.29 is 19.5 Å². The van der Waals surface area contributed by atoms with Gasteiger partial charge in [0.2, 0.25) is 5.91 Å². The molecule has 0 atom stereocenters. The number of aliphatic carboxylic acids is 1. The minimum atomic E-state index is -1.04. The first-order valence-electron chi connectivity index (χ1n) is 7.08. The number of amides is 3.